The number of sulfonamides is 1. The summed E-state index contributed by atoms with van der Waals surface area (Å²) in [7, 11) is -4.32. The maximum atomic E-state index is 12.4. The quantitative estimate of drug-likeness (QED) is 0.624. The minimum atomic E-state index is -4.62. The van der Waals surface area contributed by atoms with Gasteiger partial charge in [0.05, 0.1) is 0 Å². The molecule has 0 saturated carbocycles. The number of nitrogens with zero attached hydrogens (tertiary/aromatic N) is 2. The standard InChI is InChI=1S/C9H13F3N4O2S/c1-2-16(6-9(10,11)12)19(17,18)7-4-3-5-14-8(7)15-13/h3-5H,2,6,13H2,1H3,(H,14,15). The van der Waals surface area contributed by atoms with Crippen molar-refractivity contribution in [3.05, 3.63) is 18.3 Å². The van der Waals surface area contributed by atoms with Gasteiger partial charge in [0.1, 0.15) is 11.4 Å². The average molecular weight is 298 g/mol. The molecule has 1 rings (SSSR count). The molecule has 3 N–H and O–H groups in total. The summed E-state index contributed by atoms with van der Waals surface area (Å²) in [4.78, 5) is 3.25. The second kappa shape index (κ2) is 5.72. The van der Waals surface area contributed by atoms with Crippen LogP contribution in [-0.4, -0.2) is 37.0 Å². The van der Waals surface area contributed by atoms with Crippen LogP contribution in [0.3, 0.4) is 0 Å². The van der Waals surface area contributed by atoms with E-state index in [1.165, 1.54) is 19.2 Å². The van der Waals surface area contributed by atoms with Crippen LogP contribution in [0.25, 0.3) is 0 Å². The van der Waals surface area contributed by atoms with Gasteiger partial charge >= 0.3 is 6.18 Å². The Labute approximate surface area is 108 Å². The van der Waals surface area contributed by atoms with Gasteiger partial charge in [-0.3, -0.25) is 0 Å². The second-order valence-electron chi connectivity index (χ2n) is 3.54. The monoisotopic (exact) mass is 298 g/mol. The van der Waals surface area contributed by atoms with E-state index in [2.05, 4.69) is 4.98 Å². The number of anilines is 1. The van der Waals surface area contributed by atoms with Crippen molar-refractivity contribution in [3.63, 3.8) is 0 Å². The number of nitrogen functional groups attached to an aromatic ring is 1. The van der Waals surface area contributed by atoms with E-state index in [1.807, 2.05) is 5.43 Å². The van der Waals surface area contributed by atoms with Crippen molar-refractivity contribution in [1.82, 2.24) is 9.29 Å². The topological polar surface area (TPSA) is 88.3 Å². The number of hydrogen-bond donors (Lipinski definition) is 2. The van der Waals surface area contributed by atoms with Crippen molar-refractivity contribution >= 4 is 15.8 Å². The molecule has 0 aromatic carbocycles. The first-order valence-corrected chi connectivity index (χ1v) is 6.65. The molecule has 0 atom stereocenters. The van der Waals surface area contributed by atoms with E-state index in [0.717, 1.165) is 6.07 Å². The number of halogens is 3. The maximum Gasteiger partial charge on any atom is 0.402 e. The molecule has 10 heteroatoms. The van der Waals surface area contributed by atoms with Gasteiger partial charge in [-0.2, -0.15) is 17.5 Å². The molecule has 0 unspecified atom stereocenters. The Morgan fingerprint density at radius 3 is 2.58 bits per heavy atom. The Balaban J connectivity index is 3.21. The fourth-order valence-electron chi connectivity index (χ4n) is 1.41. The molecule has 0 amide bonds. The minimum absolute atomic E-state index is 0.205. The summed E-state index contributed by atoms with van der Waals surface area (Å²) >= 11 is 0. The Morgan fingerprint density at radius 1 is 1.47 bits per heavy atom. The van der Waals surface area contributed by atoms with E-state index in [1.54, 1.807) is 0 Å². The highest BCUT2D eigenvalue weighted by atomic mass is 32.2. The van der Waals surface area contributed by atoms with E-state index in [4.69, 9.17) is 5.84 Å². The molecule has 0 fully saturated rings. The zero-order chi connectivity index (χ0) is 14.7. The first-order chi connectivity index (χ1) is 8.72. The Hall–Kier alpha value is -1.39. The van der Waals surface area contributed by atoms with Gasteiger partial charge in [-0.05, 0) is 12.1 Å². The molecule has 0 aliphatic heterocycles. The first kappa shape index (κ1) is 15.7. The molecule has 1 aromatic rings. The van der Waals surface area contributed by atoms with E-state index in [9.17, 15) is 21.6 Å². The molecule has 19 heavy (non-hydrogen) atoms. The average Bonchev–Trinajstić information content (AvgIpc) is 2.34. The summed E-state index contributed by atoms with van der Waals surface area (Å²) < 4.78 is 61.6. The molecule has 1 aromatic heterocycles. The lowest BCUT2D eigenvalue weighted by Crippen LogP contribution is -2.39. The number of aromatic nitrogens is 1. The highest BCUT2D eigenvalue weighted by molar-refractivity contribution is 7.89. The number of pyridine rings is 1. The van der Waals surface area contributed by atoms with Crippen LogP contribution in [0.4, 0.5) is 19.0 Å². The van der Waals surface area contributed by atoms with Crippen LogP contribution in [0.2, 0.25) is 0 Å². The largest absolute Gasteiger partial charge is 0.402 e. The molecule has 0 radical (unpaired) electrons. The highest BCUT2D eigenvalue weighted by Gasteiger charge is 2.37. The molecule has 0 aliphatic rings. The zero-order valence-corrected chi connectivity index (χ0v) is 10.8. The van der Waals surface area contributed by atoms with Crippen LogP contribution in [0.15, 0.2) is 23.2 Å². The van der Waals surface area contributed by atoms with Crippen LogP contribution in [-0.2, 0) is 10.0 Å². The molecule has 108 valence electrons. The van der Waals surface area contributed by atoms with Crippen LogP contribution in [0.1, 0.15) is 6.92 Å². The van der Waals surface area contributed by atoms with E-state index in [0.29, 0.717) is 4.31 Å². The smallest absolute Gasteiger partial charge is 0.307 e. The predicted molar refractivity (Wildman–Crippen MR) is 62.5 cm³/mol. The van der Waals surface area contributed by atoms with Gasteiger partial charge in [-0.15, -0.1) is 0 Å². The molecular weight excluding hydrogens is 285 g/mol. The van der Waals surface area contributed by atoms with Gasteiger partial charge in [0.2, 0.25) is 10.0 Å². The third kappa shape index (κ3) is 3.78. The Morgan fingerprint density at radius 2 is 2.11 bits per heavy atom. The molecule has 0 saturated heterocycles. The highest BCUT2D eigenvalue weighted by Crippen LogP contribution is 2.25. The number of nitrogens with one attached hydrogen (secondary N) is 1. The minimum Gasteiger partial charge on any atom is -0.307 e. The van der Waals surface area contributed by atoms with E-state index < -0.39 is 27.6 Å². The number of nitrogens with two attached hydrogens (primary N) is 1. The van der Waals surface area contributed by atoms with Crippen molar-refractivity contribution in [2.24, 2.45) is 5.84 Å². The fourth-order valence-corrected chi connectivity index (χ4v) is 2.95. The lowest BCUT2D eigenvalue weighted by molar-refractivity contribution is -0.135. The van der Waals surface area contributed by atoms with Gasteiger partial charge in [0.15, 0.2) is 5.82 Å². The predicted octanol–water partition coefficient (Wildman–Crippen LogP) is 0.940. The summed E-state index contributed by atoms with van der Waals surface area (Å²) in [6.07, 6.45) is -3.35. The lowest BCUT2D eigenvalue weighted by Gasteiger charge is -2.22. The summed E-state index contributed by atoms with van der Waals surface area (Å²) in [5, 5.41) is 0. The summed E-state index contributed by atoms with van der Waals surface area (Å²) in [5.41, 5.74) is 2.05. The zero-order valence-electron chi connectivity index (χ0n) is 9.98. The lowest BCUT2D eigenvalue weighted by atomic mass is 10.5. The summed E-state index contributed by atoms with van der Waals surface area (Å²) in [5.74, 6) is 4.89. The van der Waals surface area contributed by atoms with Gasteiger partial charge in [0.25, 0.3) is 0 Å². The molecule has 0 aliphatic carbocycles. The molecule has 0 spiro atoms. The number of rotatable bonds is 5. The fraction of sp³-hybridized carbons (Fsp3) is 0.444. The third-order valence-corrected chi connectivity index (χ3v) is 4.19. The maximum absolute atomic E-state index is 12.4. The SMILES string of the molecule is CCN(CC(F)(F)F)S(=O)(=O)c1cccnc1NN. The Bertz CT molecular complexity index is 533. The number of alkyl halides is 3. The van der Waals surface area contributed by atoms with Crippen LogP contribution in [0.5, 0.6) is 0 Å². The molecule has 6 nitrogen and oxygen atoms in total. The van der Waals surface area contributed by atoms with Gasteiger partial charge < -0.3 is 5.43 Å². The van der Waals surface area contributed by atoms with Crippen molar-refractivity contribution in [2.75, 3.05) is 18.5 Å². The van der Waals surface area contributed by atoms with Crippen LogP contribution >= 0.6 is 0 Å². The van der Waals surface area contributed by atoms with E-state index in [-0.39, 0.29) is 12.4 Å². The van der Waals surface area contributed by atoms with E-state index >= 15 is 0 Å². The molecule has 1 heterocycles. The molecular formula is C9H13F3N4O2S. The number of hydrogen-bond acceptors (Lipinski definition) is 5. The third-order valence-electron chi connectivity index (χ3n) is 2.23. The van der Waals surface area contributed by atoms with Crippen molar-refractivity contribution in [2.45, 2.75) is 18.0 Å². The van der Waals surface area contributed by atoms with Crippen molar-refractivity contribution in [1.29, 1.82) is 0 Å². The normalized spacial score (nSPS) is 12.7. The van der Waals surface area contributed by atoms with Gasteiger partial charge in [-0.25, -0.2) is 19.2 Å². The van der Waals surface area contributed by atoms with Crippen molar-refractivity contribution in [3.8, 4) is 0 Å². The van der Waals surface area contributed by atoms with Gasteiger partial charge in [0, 0.05) is 12.7 Å². The van der Waals surface area contributed by atoms with Crippen molar-refractivity contribution < 1.29 is 21.6 Å². The Kier molecular flexibility index (Phi) is 4.71. The second-order valence-corrected chi connectivity index (χ2v) is 5.45. The summed E-state index contributed by atoms with van der Waals surface area (Å²) in [6.45, 7) is -0.569. The first-order valence-electron chi connectivity index (χ1n) is 5.21. The number of hydrazine groups is 1. The van der Waals surface area contributed by atoms with Crippen LogP contribution in [0, 0.1) is 0 Å². The van der Waals surface area contributed by atoms with Crippen LogP contribution < -0.4 is 11.3 Å². The molecule has 0 bridgehead atoms. The summed E-state index contributed by atoms with van der Waals surface area (Å²) in [6, 6.07) is 2.44. The van der Waals surface area contributed by atoms with Gasteiger partial charge in [-0.1, -0.05) is 6.92 Å².